The van der Waals surface area contributed by atoms with Crippen LogP contribution in [-0.2, 0) is 14.2 Å². The second kappa shape index (κ2) is 8.62. The van der Waals surface area contributed by atoms with Gasteiger partial charge in [-0.15, -0.1) is 9.89 Å². The molecule has 3 amide bonds. The second-order valence-corrected chi connectivity index (χ2v) is 9.14. The third kappa shape index (κ3) is 8.75. The minimum atomic E-state index is -1.08. The number of rotatable bonds is 0. The fraction of sp³-hybridized carbons (Fsp3) is 0.632. The van der Waals surface area contributed by atoms with Crippen LogP contribution in [0.15, 0.2) is 23.5 Å². The number of imide groups is 1. The number of hydrogen-bond donors (Lipinski definition) is 0. The minimum absolute atomic E-state index is 0.437. The van der Waals surface area contributed by atoms with Crippen LogP contribution in [0.3, 0.4) is 0 Å². The summed E-state index contributed by atoms with van der Waals surface area (Å²) in [4.78, 5) is 42.2. The normalized spacial score (nSPS) is 12.9. The lowest BCUT2D eigenvalue weighted by molar-refractivity contribution is 0.0140. The maximum absolute atomic E-state index is 12.8. The molecule has 0 aliphatic carbocycles. The molecule has 0 atom stereocenters. The zero-order valence-electron chi connectivity index (χ0n) is 18.5. The van der Waals surface area contributed by atoms with Crippen molar-refractivity contribution >= 4 is 24.2 Å². The average Bonchev–Trinajstić information content (AvgIpc) is 2.93. The van der Waals surface area contributed by atoms with Crippen molar-refractivity contribution < 1.29 is 28.6 Å². The Kier molecular flexibility index (Phi) is 7.18. The number of ether oxygens (including phenoxy) is 3. The number of amides is 3. The Morgan fingerprint density at radius 2 is 1.28 bits per heavy atom. The van der Waals surface area contributed by atoms with Crippen LogP contribution in [0.2, 0.25) is 0 Å². The van der Waals surface area contributed by atoms with E-state index in [-0.39, 0.29) is 0 Å². The van der Waals surface area contributed by atoms with Crippen molar-refractivity contribution in [1.29, 1.82) is 0 Å². The first-order chi connectivity index (χ1) is 13.0. The molecule has 0 saturated carbocycles. The standard InChI is InChI=1S/C19H30N4O6/c1-17(2,3)27-14(24)21-13(22-12-10-11-20-22)23(15(25)28-18(4,5)6)16(26)29-19(7,8)9/h10-12H,1-9H3. The quantitative estimate of drug-likeness (QED) is 0.358. The molecule has 0 spiro atoms. The van der Waals surface area contributed by atoms with E-state index in [4.69, 9.17) is 14.2 Å². The summed E-state index contributed by atoms with van der Waals surface area (Å²) in [6.45, 7) is 14.8. The van der Waals surface area contributed by atoms with Crippen molar-refractivity contribution in [1.82, 2.24) is 14.7 Å². The van der Waals surface area contributed by atoms with E-state index in [0.29, 0.717) is 4.90 Å². The summed E-state index contributed by atoms with van der Waals surface area (Å²) in [5, 5.41) is 3.97. The lowest BCUT2D eigenvalue weighted by Gasteiger charge is -2.28. The second-order valence-electron chi connectivity index (χ2n) is 9.14. The first-order valence-corrected chi connectivity index (χ1v) is 9.06. The summed E-state index contributed by atoms with van der Waals surface area (Å²) in [6, 6.07) is 1.53. The Hall–Kier alpha value is -2.91. The number of nitrogens with zero attached hydrogens (tertiary/aromatic N) is 4. The molecule has 29 heavy (non-hydrogen) atoms. The first-order valence-electron chi connectivity index (χ1n) is 9.06. The molecule has 0 aliphatic rings. The highest BCUT2D eigenvalue weighted by Crippen LogP contribution is 2.16. The zero-order chi connectivity index (χ0) is 22.6. The van der Waals surface area contributed by atoms with Gasteiger partial charge in [0.15, 0.2) is 0 Å². The molecule has 10 heteroatoms. The molecule has 0 fully saturated rings. The largest absolute Gasteiger partial charge is 0.443 e. The van der Waals surface area contributed by atoms with Crippen molar-refractivity contribution in [2.45, 2.75) is 79.1 Å². The molecular formula is C19H30N4O6. The number of carbonyl (C=O) groups excluding carboxylic acids is 3. The van der Waals surface area contributed by atoms with E-state index in [2.05, 4.69) is 10.1 Å². The van der Waals surface area contributed by atoms with Gasteiger partial charge < -0.3 is 14.2 Å². The third-order valence-electron chi connectivity index (χ3n) is 2.65. The Morgan fingerprint density at radius 3 is 1.62 bits per heavy atom. The molecule has 0 N–H and O–H groups in total. The van der Waals surface area contributed by atoms with Crippen molar-refractivity contribution in [3.8, 4) is 0 Å². The smallest absolute Gasteiger partial charge is 0.437 e. The highest BCUT2D eigenvalue weighted by Gasteiger charge is 2.37. The predicted molar refractivity (Wildman–Crippen MR) is 106 cm³/mol. The summed E-state index contributed by atoms with van der Waals surface area (Å²) in [5.41, 5.74) is -2.67. The summed E-state index contributed by atoms with van der Waals surface area (Å²) in [6.07, 6.45) is -0.369. The SMILES string of the molecule is CC(C)(C)OC(=O)N=C(N(C(=O)OC(C)(C)C)C(=O)OC(C)(C)C)n1cccn1. The molecule has 0 unspecified atom stereocenters. The number of aromatic nitrogens is 2. The highest BCUT2D eigenvalue weighted by atomic mass is 16.6. The van der Waals surface area contributed by atoms with Crippen molar-refractivity contribution in [2.75, 3.05) is 0 Å². The molecule has 10 nitrogen and oxygen atoms in total. The molecule has 0 radical (unpaired) electrons. The van der Waals surface area contributed by atoms with Crippen LogP contribution in [0.1, 0.15) is 62.3 Å². The molecule has 162 valence electrons. The number of carbonyl (C=O) groups is 3. The van der Waals surface area contributed by atoms with Crippen molar-refractivity contribution in [2.24, 2.45) is 4.99 Å². The van der Waals surface area contributed by atoms with Crippen molar-refractivity contribution in [3.63, 3.8) is 0 Å². The maximum atomic E-state index is 12.8. The monoisotopic (exact) mass is 410 g/mol. The van der Waals surface area contributed by atoms with Gasteiger partial charge in [-0.3, -0.25) is 0 Å². The van der Waals surface area contributed by atoms with Crippen LogP contribution < -0.4 is 0 Å². The van der Waals surface area contributed by atoms with Gasteiger partial charge in [0, 0.05) is 12.4 Å². The van der Waals surface area contributed by atoms with Crippen LogP contribution >= 0.6 is 0 Å². The van der Waals surface area contributed by atoms with E-state index in [1.54, 1.807) is 62.3 Å². The molecule has 0 saturated heterocycles. The zero-order valence-corrected chi connectivity index (χ0v) is 18.5. The molecule has 1 heterocycles. The van der Waals surface area contributed by atoms with Gasteiger partial charge in [-0.05, 0) is 68.4 Å². The topological polar surface area (TPSA) is 112 Å². The van der Waals surface area contributed by atoms with Gasteiger partial charge in [0.1, 0.15) is 16.8 Å². The van der Waals surface area contributed by atoms with Crippen LogP contribution in [0.5, 0.6) is 0 Å². The van der Waals surface area contributed by atoms with Crippen LogP contribution in [-0.4, -0.2) is 55.7 Å². The van der Waals surface area contributed by atoms with Gasteiger partial charge in [0.05, 0.1) is 0 Å². The predicted octanol–water partition coefficient (Wildman–Crippen LogP) is 4.19. The molecule has 1 aromatic heterocycles. The first kappa shape index (κ1) is 24.1. The lowest BCUT2D eigenvalue weighted by atomic mass is 10.2. The summed E-state index contributed by atoms with van der Waals surface area (Å²) in [5.74, 6) is -0.437. The fourth-order valence-corrected chi connectivity index (χ4v) is 1.81. The van der Waals surface area contributed by atoms with Gasteiger partial charge in [-0.2, -0.15) is 5.10 Å². The van der Waals surface area contributed by atoms with Gasteiger partial charge >= 0.3 is 18.3 Å². The van der Waals surface area contributed by atoms with E-state index in [1.807, 2.05) is 0 Å². The van der Waals surface area contributed by atoms with Crippen LogP contribution in [0.4, 0.5) is 14.4 Å². The van der Waals surface area contributed by atoms with Gasteiger partial charge in [0.25, 0.3) is 5.96 Å². The molecule has 1 rings (SSSR count). The fourth-order valence-electron chi connectivity index (χ4n) is 1.81. The summed E-state index contributed by atoms with van der Waals surface area (Å²) in [7, 11) is 0. The highest BCUT2D eigenvalue weighted by molar-refractivity contribution is 6.10. The van der Waals surface area contributed by atoms with Crippen molar-refractivity contribution in [3.05, 3.63) is 18.5 Å². The number of aliphatic imine (C=N–C) groups is 1. The van der Waals surface area contributed by atoms with E-state index in [1.165, 1.54) is 18.5 Å². The van der Waals surface area contributed by atoms with E-state index >= 15 is 0 Å². The van der Waals surface area contributed by atoms with Gasteiger partial charge in [0.2, 0.25) is 0 Å². The van der Waals surface area contributed by atoms with E-state index in [9.17, 15) is 14.4 Å². The number of hydrogen-bond acceptors (Lipinski definition) is 7. The van der Waals surface area contributed by atoms with E-state index < -0.39 is 41.0 Å². The lowest BCUT2D eigenvalue weighted by Crippen LogP contribution is -2.49. The van der Waals surface area contributed by atoms with Crippen LogP contribution in [0.25, 0.3) is 0 Å². The Labute approximate surface area is 170 Å². The molecule has 0 aromatic carbocycles. The molecular weight excluding hydrogens is 380 g/mol. The Balaban J connectivity index is 3.48. The van der Waals surface area contributed by atoms with E-state index in [0.717, 1.165) is 4.68 Å². The third-order valence-corrected chi connectivity index (χ3v) is 2.65. The van der Waals surface area contributed by atoms with Gasteiger partial charge in [-0.25, -0.2) is 19.1 Å². The van der Waals surface area contributed by atoms with Gasteiger partial charge in [-0.1, -0.05) is 0 Å². The molecule has 0 bridgehead atoms. The molecule has 0 aliphatic heterocycles. The Morgan fingerprint density at radius 1 is 0.828 bits per heavy atom. The molecule has 1 aromatic rings. The summed E-state index contributed by atoms with van der Waals surface area (Å²) < 4.78 is 16.9. The van der Waals surface area contributed by atoms with Crippen LogP contribution in [0, 0.1) is 0 Å². The minimum Gasteiger partial charge on any atom is -0.443 e. The maximum Gasteiger partial charge on any atom is 0.437 e. The Bertz CT molecular complexity index is 736. The average molecular weight is 410 g/mol. The summed E-state index contributed by atoms with van der Waals surface area (Å²) >= 11 is 0.